The number of carbonyl (C=O) groups is 1. The van der Waals surface area contributed by atoms with Crippen molar-refractivity contribution in [1.82, 2.24) is 5.32 Å². The van der Waals surface area contributed by atoms with Gasteiger partial charge in [0.15, 0.2) is 6.29 Å². The average molecular weight is 310 g/mol. The molecule has 0 spiro atoms. The van der Waals surface area contributed by atoms with Gasteiger partial charge < -0.3 is 30.7 Å². The molecule has 0 bridgehead atoms. The molecule has 1 amide bonds. The molecule has 1 aliphatic heterocycles. The summed E-state index contributed by atoms with van der Waals surface area (Å²) < 4.78 is 11.2. The quantitative estimate of drug-likeness (QED) is 0.561. The second-order valence-corrected chi connectivity index (χ2v) is 5.32. The molecule has 0 unspecified atom stereocenters. The van der Waals surface area contributed by atoms with Gasteiger partial charge in [0.2, 0.25) is 5.91 Å². The number of aliphatic hydroxyl groups is 2. The van der Waals surface area contributed by atoms with Crippen LogP contribution >= 0.6 is 0 Å². The molecule has 22 heavy (non-hydrogen) atoms. The minimum absolute atomic E-state index is 0.266. The van der Waals surface area contributed by atoms with E-state index in [0.717, 1.165) is 5.56 Å². The summed E-state index contributed by atoms with van der Waals surface area (Å²) in [6, 6.07) is 7.97. The van der Waals surface area contributed by atoms with Crippen LogP contribution in [0.1, 0.15) is 12.5 Å². The molecule has 1 aromatic carbocycles. The zero-order valence-electron chi connectivity index (χ0n) is 12.4. The fraction of sp³-hybridized carbons (Fsp3) is 0.533. The van der Waals surface area contributed by atoms with Gasteiger partial charge in [0.1, 0.15) is 6.10 Å². The Morgan fingerprint density at radius 2 is 2.09 bits per heavy atom. The third-order valence-corrected chi connectivity index (χ3v) is 3.60. The van der Waals surface area contributed by atoms with Gasteiger partial charge in [-0.25, -0.2) is 0 Å². The Bertz CT molecular complexity index is 484. The van der Waals surface area contributed by atoms with Crippen molar-refractivity contribution in [3.8, 4) is 0 Å². The van der Waals surface area contributed by atoms with Crippen molar-refractivity contribution in [2.24, 2.45) is 5.73 Å². The van der Waals surface area contributed by atoms with Gasteiger partial charge in [0.25, 0.3) is 0 Å². The fourth-order valence-corrected chi connectivity index (χ4v) is 2.42. The van der Waals surface area contributed by atoms with E-state index in [9.17, 15) is 15.0 Å². The molecular formula is C15H22N2O5. The molecule has 122 valence electrons. The van der Waals surface area contributed by atoms with Crippen molar-refractivity contribution in [1.29, 1.82) is 0 Å². The van der Waals surface area contributed by atoms with Crippen LogP contribution < -0.4 is 11.1 Å². The maximum absolute atomic E-state index is 11.3. The standard InChI is InChI=1S/C15H22N2O5/c1-9(19)17-13-12(16)14(20)11(7-18)22-15(13)21-8-10-5-3-2-4-6-10/h2-6,11-15,18,20H,7-8,16H2,1H3,(H,17,19)/t11-,12-,13-,14-,15-/m1/s1. The van der Waals surface area contributed by atoms with Gasteiger partial charge in [-0.3, -0.25) is 4.79 Å². The van der Waals surface area contributed by atoms with Crippen molar-refractivity contribution in [2.45, 2.75) is 44.1 Å². The van der Waals surface area contributed by atoms with Crippen molar-refractivity contribution >= 4 is 5.91 Å². The van der Waals surface area contributed by atoms with Crippen molar-refractivity contribution < 1.29 is 24.5 Å². The number of aliphatic hydroxyl groups excluding tert-OH is 2. The number of hydrogen-bond acceptors (Lipinski definition) is 6. The Balaban J connectivity index is 2.07. The second kappa shape index (κ2) is 7.66. The minimum Gasteiger partial charge on any atom is -0.394 e. The highest BCUT2D eigenvalue weighted by Gasteiger charge is 2.44. The van der Waals surface area contributed by atoms with Gasteiger partial charge in [-0.2, -0.15) is 0 Å². The molecule has 0 aromatic heterocycles. The maximum atomic E-state index is 11.3. The third-order valence-electron chi connectivity index (χ3n) is 3.60. The number of rotatable bonds is 5. The summed E-state index contributed by atoms with van der Waals surface area (Å²) in [4.78, 5) is 11.3. The van der Waals surface area contributed by atoms with Crippen LogP contribution in [-0.4, -0.2) is 53.3 Å². The number of carbonyl (C=O) groups excluding carboxylic acids is 1. The molecule has 7 nitrogen and oxygen atoms in total. The summed E-state index contributed by atoms with van der Waals surface area (Å²) in [6.45, 7) is 1.24. The van der Waals surface area contributed by atoms with Crippen molar-refractivity contribution in [3.05, 3.63) is 35.9 Å². The largest absolute Gasteiger partial charge is 0.394 e. The first-order chi connectivity index (χ1) is 10.5. The number of nitrogens with one attached hydrogen (secondary N) is 1. The van der Waals surface area contributed by atoms with E-state index in [1.807, 2.05) is 30.3 Å². The lowest BCUT2D eigenvalue weighted by Crippen LogP contribution is -2.67. The summed E-state index contributed by atoms with van der Waals surface area (Å²) >= 11 is 0. The van der Waals surface area contributed by atoms with E-state index in [1.165, 1.54) is 6.92 Å². The number of benzene rings is 1. The maximum Gasteiger partial charge on any atom is 0.217 e. The molecule has 0 radical (unpaired) electrons. The first kappa shape index (κ1) is 16.9. The number of ether oxygens (including phenoxy) is 2. The van der Waals surface area contributed by atoms with Crippen LogP contribution in [-0.2, 0) is 20.9 Å². The third kappa shape index (κ3) is 4.02. The molecule has 1 aromatic rings. The van der Waals surface area contributed by atoms with Gasteiger partial charge >= 0.3 is 0 Å². The molecule has 2 rings (SSSR count). The van der Waals surface area contributed by atoms with Crippen LogP contribution in [0.3, 0.4) is 0 Å². The van der Waals surface area contributed by atoms with E-state index in [2.05, 4.69) is 5.32 Å². The molecule has 0 saturated carbocycles. The van der Waals surface area contributed by atoms with Crippen LogP contribution in [0.25, 0.3) is 0 Å². The highest BCUT2D eigenvalue weighted by molar-refractivity contribution is 5.73. The smallest absolute Gasteiger partial charge is 0.217 e. The van der Waals surface area contributed by atoms with E-state index >= 15 is 0 Å². The summed E-state index contributed by atoms with van der Waals surface area (Å²) in [7, 11) is 0. The van der Waals surface area contributed by atoms with E-state index in [0.29, 0.717) is 0 Å². The SMILES string of the molecule is CC(=O)N[C@H]1[C@H](OCc2ccccc2)O[C@H](CO)[C@@H](O)[C@@H]1N. The molecule has 0 aliphatic carbocycles. The van der Waals surface area contributed by atoms with Gasteiger partial charge in [-0.15, -0.1) is 0 Å². The molecule has 1 heterocycles. The average Bonchev–Trinajstić information content (AvgIpc) is 2.52. The molecule has 1 fully saturated rings. The lowest BCUT2D eigenvalue weighted by molar-refractivity contribution is -0.250. The lowest BCUT2D eigenvalue weighted by Gasteiger charge is -2.42. The van der Waals surface area contributed by atoms with Crippen LogP contribution in [0.4, 0.5) is 0 Å². The lowest BCUT2D eigenvalue weighted by atomic mass is 9.95. The summed E-state index contributed by atoms with van der Waals surface area (Å²) in [5, 5.41) is 21.9. The van der Waals surface area contributed by atoms with E-state index in [4.69, 9.17) is 15.2 Å². The van der Waals surface area contributed by atoms with E-state index in [1.54, 1.807) is 0 Å². The topological polar surface area (TPSA) is 114 Å². The molecule has 1 aliphatic rings. The highest BCUT2D eigenvalue weighted by Crippen LogP contribution is 2.22. The summed E-state index contributed by atoms with van der Waals surface area (Å²) in [6.07, 6.45) is -2.78. The molecule has 1 saturated heterocycles. The second-order valence-electron chi connectivity index (χ2n) is 5.32. The van der Waals surface area contributed by atoms with E-state index < -0.39 is 30.6 Å². The Morgan fingerprint density at radius 1 is 1.41 bits per heavy atom. The van der Waals surface area contributed by atoms with Crippen molar-refractivity contribution in [2.75, 3.05) is 6.61 Å². The summed E-state index contributed by atoms with van der Waals surface area (Å²) in [5.41, 5.74) is 6.90. The van der Waals surface area contributed by atoms with Gasteiger partial charge in [0.05, 0.1) is 31.4 Å². The summed E-state index contributed by atoms with van der Waals surface area (Å²) in [5.74, 6) is -0.299. The highest BCUT2D eigenvalue weighted by atomic mass is 16.7. The Labute approximate surface area is 129 Å². The monoisotopic (exact) mass is 310 g/mol. The van der Waals surface area contributed by atoms with Crippen LogP contribution in [0.5, 0.6) is 0 Å². The number of hydrogen-bond donors (Lipinski definition) is 4. The first-order valence-electron chi connectivity index (χ1n) is 7.15. The van der Waals surface area contributed by atoms with Gasteiger partial charge in [-0.1, -0.05) is 30.3 Å². The minimum atomic E-state index is -1.08. The molecule has 5 N–H and O–H groups in total. The van der Waals surface area contributed by atoms with Gasteiger partial charge in [-0.05, 0) is 5.56 Å². The van der Waals surface area contributed by atoms with E-state index in [-0.39, 0.29) is 19.1 Å². The first-order valence-corrected chi connectivity index (χ1v) is 7.15. The Kier molecular flexibility index (Phi) is 5.87. The Morgan fingerprint density at radius 3 is 2.68 bits per heavy atom. The molecule has 5 atom stereocenters. The van der Waals surface area contributed by atoms with Gasteiger partial charge in [0, 0.05) is 6.92 Å². The van der Waals surface area contributed by atoms with Crippen LogP contribution in [0.2, 0.25) is 0 Å². The van der Waals surface area contributed by atoms with Crippen LogP contribution in [0, 0.1) is 0 Å². The fourth-order valence-electron chi connectivity index (χ4n) is 2.42. The predicted octanol–water partition coefficient (Wildman–Crippen LogP) is -0.887. The normalized spacial score (nSPS) is 31.7. The Hall–Kier alpha value is -1.51. The zero-order chi connectivity index (χ0) is 16.1. The zero-order valence-corrected chi connectivity index (χ0v) is 12.4. The van der Waals surface area contributed by atoms with Crippen molar-refractivity contribution in [3.63, 3.8) is 0 Å². The molecular weight excluding hydrogens is 288 g/mol. The van der Waals surface area contributed by atoms with Crippen LogP contribution in [0.15, 0.2) is 30.3 Å². The molecule has 7 heteroatoms. The number of nitrogens with two attached hydrogens (primary N) is 1. The predicted molar refractivity (Wildman–Crippen MR) is 78.6 cm³/mol. The number of amides is 1.